The monoisotopic (exact) mass is 442 g/mol. The molecule has 5 nitrogen and oxygen atoms in total. The number of benzene rings is 2. The van der Waals surface area contributed by atoms with Crippen molar-refractivity contribution >= 4 is 44.9 Å². The highest BCUT2D eigenvalue weighted by molar-refractivity contribution is 9.10. The van der Waals surface area contributed by atoms with Crippen molar-refractivity contribution in [2.45, 2.75) is 13.5 Å². The largest absolute Gasteiger partial charge is 0.493 e. The fourth-order valence-electron chi connectivity index (χ4n) is 2.63. The molecule has 136 valence electrons. The Kier molecular flexibility index (Phi) is 5.99. The number of carbonyl (C=O) groups is 2. The van der Waals surface area contributed by atoms with Crippen LogP contribution in [0.15, 0.2) is 51.8 Å². The highest BCUT2D eigenvalue weighted by Gasteiger charge is 2.35. The number of hydrogen-bond acceptors (Lipinski definition) is 5. The van der Waals surface area contributed by atoms with Gasteiger partial charge < -0.3 is 4.74 Å². The van der Waals surface area contributed by atoms with Gasteiger partial charge in [0.05, 0.1) is 29.7 Å². The molecule has 0 radical (unpaired) electrons. The van der Waals surface area contributed by atoms with Crippen LogP contribution in [0.2, 0.25) is 0 Å². The minimum absolute atomic E-state index is 0.0720. The summed E-state index contributed by atoms with van der Waals surface area (Å²) in [7, 11) is 0. The Balaban J connectivity index is 1.89. The highest BCUT2D eigenvalue weighted by Crippen LogP contribution is 2.35. The number of thioether (sulfide) groups is 1. The number of nitriles is 1. The molecule has 1 aliphatic heterocycles. The number of ether oxygens (including phenoxy) is 1. The Bertz CT molecular complexity index is 981. The second-order valence-corrected chi connectivity index (χ2v) is 7.56. The van der Waals surface area contributed by atoms with Gasteiger partial charge in [0.1, 0.15) is 5.75 Å². The molecule has 2 amide bonds. The first kappa shape index (κ1) is 19.2. The van der Waals surface area contributed by atoms with Gasteiger partial charge in [-0.3, -0.25) is 14.5 Å². The highest BCUT2D eigenvalue weighted by atomic mass is 79.9. The maximum absolute atomic E-state index is 12.8. The molecule has 2 aromatic carbocycles. The second-order valence-electron chi connectivity index (χ2n) is 5.65. The van der Waals surface area contributed by atoms with Crippen LogP contribution >= 0.6 is 27.7 Å². The Morgan fingerprint density at radius 2 is 2.04 bits per heavy atom. The Labute approximate surface area is 169 Å². The van der Waals surface area contributed by atoms with E-state index in [1.807, 2.05) is 25.1 Å². The smallest absolute Gasteiger partial charge is 0.293 e. The quantitative estimate of drug-likeness (QED) is 0.612. The molecular weight excluding hydrogens is 428 g/mol. The summed E-state index contributed by atoms with van der Waals surface area (Å²) in [5.41, 5.74) is 1.81. The number of amides is 2. The van der Waals surface area contributed by atoms with E-state index in [1.165, 1.54) is 0 Å². The Morgan fingerprint density at radius 1 is 1.26 bits per heavy atom. The molecule has 0 aromatic heterocycles. The van der Waals surface area contributed by atoms with Gasteiger partial charge in [-0.2, -0.15) is 5.26 Å². The lowest BCUT2D eigenvalue weighted by atomic mass is 10.1. The van der Waals surface area contributed by atoms with Crippen molar-refractivity contribution in [2.24, 2.45) is 0 Å². The lowest BCUT2D eigenvalue weighted by Crippen LogP contribution is -2.27. The number of imide groups is 1. The molecule has 1 aliphatic rings. The Hall–Kier alpha value is -2.56. The van der Waals surface area contributed by atoms with E-state index in [1.54, 1.807) is 30.3 Å². The molecule has 1 saturated heterocycles. The third kappa shape index (κ3) is 4.24. The van der Waals surface area contributed by atoms with Gasteiger partial charge in [0.15, 0.2) is 0 Å². The number of halogens is 1. The van der Waals surface area contributed by atoms with Gasteiger partial charge >= 0.3 is 0 Å². The van der Waals surface area contributed by atoms with Gasteiger partial charge in [0.25, 0.3) is 11.1 Å². The molecule has 0 unspecified atom stereocenters. The summed E-state index contributed by atoms with van der Waals surface area (Å²) in [6.07, 6.45) is 1.66. The maximum atomic E-state index is 12.8. The molecule has 0 N–H and O–H groups in total. The van der Waals surface area contributed by atoms with Crippen molar-refractivity contribution in [2.75, 3.05) is 6.61 Å². The van der Waals surface area contributed by atoms with E-state index >= 15 is 0 Å². The summed E-state index contributed by atoms with van der Waals surface area (Å²) in [5.74, 6) is 0.266. The fourth-order valence-corrected chi connectivity index (χ4v) is 3.84. The molecule has 0 spiro atoms. The van der Waals surface area contributed by atoms with E-state index in [-0.39, 0.29) is 17.7 Å². The van der Waals surface area contributed by atoms with E-state index in [9.17, 15) is 14.9 Å². The average molecular weight is 443 g/mol. The zero-order chi connectivity index (χ0) is 19.4. The molecular formula is C20H15BrN2O3S. The normalized spacial score (nSPS) is 15.3. The van der Waals surface area contributed by atoms with Gasteiger partial charge in [0.2, 0.25) is 0 Å². The fraction of sp³-hybridized carbons (Fsp3) is 0.150. The minimum Gasteiger partial charge on any atom is -0.493 e. The first-order valence-corrected chi connectivity index (χ1v) is 9.80. The molecule has 0 saturated carbocycles. The van der Waals surface area contributed by atoms with E-state index in [0.717, 1.165) is 21.1 Å². The van der Waals surface area contributed by atoms with Crippen LogP contribution in [0, 0.1) is 11.3 Å². The summed E-state index contributed by atoms with van der Waals surface area (Å²) < 4.78 is 6.44. The van der Waals surface area contributed by atoms with Crippen LogP contribution in [-0.4, -0.2) is 22.7 Å². The topological polar surface area (TPSA) is 70.4 Å². The third-order valence-corrected chi connectivity index (χ3v) is 5.30. The van der Waals surface area contributed by atoms with Crippen LogP contribution in [0.5, 0.6) is 5.75 Å². The standard InChI is InChI=1S/C20H15BrN2O3S/c1-2-26-17-8-7-16(21)9-15(17)10-18-19(24)23(20(25)27-18)12-14-6-4-3-5-13(14)11-22/h3-10H,2,12H2,1H3/b18-10+. The predicted molar refractivity (Wildman–Crippen MR) is 108 cm³/mol. The molecule has 1 heterocycles. The molecule has 0 aliphatic carbocycles. The molecule has 7 heteroatoms. The van der Waals surface area contributed by atoms with Crippen LogP contribution in [0.4, 0.5) is 4.79 Å². The van der Waals surface area contributed by atoms with Crippen molar-refractivity contribution in [3.05, 3.63) is 68.5 Å². The van der Waals surface area contributed by atoms with E-state index in [2.05, 4.69) is 22.0 Å². The van der Waals surface area contributed by atoms with Gasteiger partial charge in [-0.05, 0) is 54.6 Å². The van der Waals surface area contributed by atoms with Gasteiger partial charge in [-0.15, -0.1) is 0 Å². The molecule has 0 atom stereocenters. The van der Waals surface area contributed by atoms with Crippen molar-refractivity contribution in [3.63, 3.8) is 0 Å². The zero-order valence-electron chi connectivity index (χ0n) is 14.4. The van der Waals surface area contributed by atoms with Crippen molar-refractivity contribution in [3.8, 4) is 11.8 Å². The maximum Gasteiger partial charge on any atom is 0.293 e. The zero-order valence-corrected chi connectivity index (χ0v) is 16.8. The summed E-state index contributed by atoms with van der Waals surface area (Å²) in [6, 6.07) is 14.5. The Morgan fingerprint density at radius 3 is 2.78 bits per heavy atom. The number of nitrogens with zero attached hydrogens (tertiary/aromatic N) is 2. The molecule has 0 bridgehead atoms. The lowest BCUT2D eigenvalue weighted by Gasteiger charge is -2.13. The third-order valence-electron chi connectivity index (χ3n) is 3.90. The van der Waals surface area contributed by atoms with Crippen LogP contribution in [0.25, 0.3) is 6.08 Å². The van der Waals surface area contributed by atoms with Crippen LogP contribution in [-0.2, 0) is 11.3 Å². The molecule has 2 aromatic rings. The summed E-state index contributed by atoms with van der Waals surface area (Å²) in [4.78, 5) is 26.6. The van der Waals surface area contributed by atoms with Crippen molar-refractivity contribution in [1.82, 2.24) is 4.90 Å². The van der Waals surface area contributed by atoms with Gasteiger partial charge in [0, 0.05) is 10.0 Å². The minimum atomic E-state index is -0.375. The van der Waals surface area contributed by atoms with Crippen LogP contribution < -0.4 is 4.74 Å². The van der Waals surface area contributed by atoms with E-state index < -0.39 is 0 Å². The van der Waals surface area contributed by atoms with Crippen molar-refractivity contribution in [1.29, 1.82) is 5.26 Å². The number of carbonyl (C=O) groups excluding carboxylic acids is 2. The summed E-state index contributed by atoms with van der Waals surface area (Å²) in [5, 5.41) is 8.85. The van der Waals surface area contributed by atoms with Crippen molar-refractivity contribution < 1.29 is 14.3 Å². The number of rotatable bonds is 5. The lowest BCUT2D eigenvalue weighted by molar-refractivity contribution is -0.123. The second kappa shape index (κ2) is 8.42. The molecule has 27 heavy (non-hydrogen) atoms. The first-order chi connectivity index (χ1) is 13.0. The first-order valence-electron chi connectivity index (χ1n) is 8.19. The van der Waals surface area contributed by atoms with E-state index in [0.29, 0.717) is 34.0 Å². The predicted octanol–water partition coefficient (Wildman–Crippen LogP) is 4.96. The average Bonchev–Trinajstić information content (AvgIpc) is 2.92. The van der Waals surface area contributed by atoms with E-state index in [4.69, 9.17) is 4.74 Å². The SMILES string of the molecule is CCOc1ccc(Br)cc1/C=C1/SC(=O)N(Cc2ccccc2C#N)C1=O. The summed E-state index contributed by atoms with van der Waals surface area (Å²) in [6.45, 7) is 2.45. The molecule has 1 fully saturated rings. The molecule has 3 rings (SSSR count). The van der Waals surface area contributed by atoms with Gasteiger partial charge in [-0.1, -0.05) is 34.1 Å². The van der Waals surface area contributed by atoms with Crippen LogP contribution in [0.1, 0.15) is 23.6 Å². The summed E-state index contributed by atoms with van der Waals surface area (Å²) >= 11 is 4.30. The van der Waals surface area contributed by atoms with Crippen LogP contribution in [0.3, 0.4) is 0 Å². The number of hydrogen-bond donors (Lipinski definition) is 0. The van der Waals surface area contributed by atoms with Gasteiger partial charge in [-0.25, -0.2) is 0 Å².